The quantitative estimate of drug-likeness (QED) is 0.891. The van der Waals surface area contributed by atoms with Gasteiger partial charge in [0.15, 0.2) is 5.82 Å². The van der Waals surface area contributed by atoms with Crippen LogP contribution in [-0.2, 0) is 6.54 Å². The topological polar surface area (TPSA) is 51.0 Å². The molecule has 4 nitrogen and oxygen atoms in total. The molecule has 0 spiro atoms. The van der Waals surface area contributed by atoms with Crippen LogP contribution in [0, 0.1) is 0 Å². The number of halogens is 2. The Morgan fingerprint density at radius 3 is 2.60 bits per heavy atom. The molecule has 1 aromatic carbocycles. The van der Waals surface area contributed by atoms with E-state index in [1.54, 1.807) is 6.07 Å². The summed E-state index contributed by atoms with van der Waals surface area (Å²) < 4.78 is 5.16. The van der Waals surface area contributed by atoms with Crippen molar-refractivity contribution in [1.29, 1.82) is 0 Å². The molecule has 2 aromatic rings. The van der Waals surface area contributed by atoms with E-state index >= 15 is 0 Å². The summed E-state index contributed by atoms with van der Waals surface area (Å²) in [5.74, 6) is 1.53. The zero-order chi connectivity index (χ0) is 14.7. The molecule has 0 saturated carbocycles. The van der Waals surface area contributed by atoms with Crippen molar-refractivity contribution in [3.05, 3.63) is 45.5 Å². The van der Waals surface area contributed by atoms with Crippen molar-refractivity contribution in [3.63, 3.8) is 0 Å². The normalized spacial score (nSPS) is 12.9. The summed E-state index contributed by atoms with van der Waals surface area (Å²) in [6, 6.07) is 5.55. The van der Waals surface area contributed by atoms with Crippen molar-refractivity contribution < 1.29 is 4.52 Å². The second kappa shape index (κ2) is 6.57. The highest BCUT2D eigenvalue weighted by Gasteiger charge is 2.13. The number of hydrogen-bond donors (Lipinski definition) is 1. The number of aromatic nitrogens is 2. The van der Waals surface area contributed by atoms with E-state index in [4.69, 9.17) is 27.7 Å². The average molecular weight is 314 g/mol. The van der Waals surface area contributed by atoms with Crippen molar-refractivity contribution in [2.75, 3.05) is 0 Å². The van der Waals surface area contributed by atoms with Crippen molar-refractivity contribution in [2.45, 2.75) is 39.3 Å². The van der Waals surface area contributed by atoms with Crippen LogP contribution in [0.5, 0.6) is 0 Å². The van der Waals surface area contributed by atoms with Crippen LogP contribution in [-0.4, -0.2) is 10.1 Å². The molecule has 1 unspecified atom stereocenters. The van der Waals surface area contributed by atoms with Crippen LogP contribution < -0.4 is 5.32 Å². The molecule has 2 rings (SSSR count). The van der Waals surface area contributed by atoms with Crippen molar-refractivity contribution in [1.82, 2.24) is 15.5 Å². The molecule has 1 aromatic heterocycles. The molecule has 0 saturated heterocycles. The van der Waals surface area contributed by atoms with Gasteiger partial charge in [-0.15, -0.1) is 0 Å². The van der Waals surface area contributed by atoms with Gasteiger partial charge in [-0.3, -0.25) is 0 Å². The Labute approximate surface area is 128 Å². The lowest BCUT2D eigenvalue weighted by Gasteiger charge is -2.14. The van der Waals surface area contributed by atoms with Gasteiger partial charge in [0.1, 0.15) is 0 Å². The van der Waals surface area contributed by atoms with Gasteiger partial charge < -0.3 is 9.84 Å². The number of nitrogens with one attached hydrogen (secondary N) is 1. The molecule has 0 radical (unpaired) electrons. The van der Waals surface area contributed by atoms with Gasteiger partial charge in [0, 0.05) is 22.0 Å². The largest absolute Gasteiger partial charge is 0.339 e. The van der Waals surface area contributed by atoms with Gasteiger partial charge in [-0.1, -0.05) is 48.3 Å². The van der Waals surface area contributed by atoms with Crippen LogP contribution in [0.4, 0.5) is 0 Å². The summed E-state index contributed by atoms with van der Waals surface area (Å²) in [6.45, 7) is 6.58. The highest BCUT2D eigenvalue weighted by atomic mass is 35.5. The molecule has 0 bridgehead atoms. The molecule has 1 heterocycles. The maximum absolute atomic E-state index is 6.18. The number of hydrogen-bond acceptors (Lipinski definition) is 4. The molecular formula is C14H17Cl2N3O. The van der Waals surface area contributed by atoms with Crippen molar-refractivity contribution in [2.24, 2.45) is 0 Å². The smallest absolute Gasteiger partial charge is 0.229 e. The van der Waals surface area contributed by atoms with E-state index < -0.39 is 0 Å². The predicted molar refractivity (Wildman–Crippen MR) is 80.1 cm³/mol. The minimum Gasteiger partial charge on any atom is -0.339 e. The molecular weight excluding hydrogens is 297 g/mol. The van der Waals surface area contributed by atoms with Crippen LogP contribution in [0.1, 0.15) is 50.0 Å². The van der Waals surface area contributed by atoms with Crippen LogP contribution >= 0.6 is 23.2 Å². The highest BCUT2D eigenvalue weighted by molar-refractivity contribution is 6.35. The molecule has 0 aliphatic heterocycles. The summed E-state index contributed by atoms with van der Waals surface area (Å²) >= 11 is 12.1. The maximum atomic E-state index is 6.18. The minimum absolute atomic E-state index is 0.0702. The van der Waals surface area contributed by atoms with Gasteiger partial charge in [0.2, 0.25) is 5.89 Å². The lowest BCUT2D eigenvalue weighted by molar-refractivity contribution is 0.358. The van der Waals surface area contributed by atoms with Crippen LogP contribution in [0.3, 0.4) is 0 Å². The van der Waals surface area contributed by atoms with Gasteiger partial charge >= 0.3 is 0 Å². The second-order valence-electron chi connectivity index (χ2n) is 4.97. The van der Waals surface area contributed by atoms with E-state index in [9.17, 15) is 0 Å². The molecule has 0 aliphatic carbocycles. The number of rotatable bonds is 5. The fourth-order valence-corrected chi connectivity index (χ4v) is 2.35. The Morgan fingerprint density at radius 2 is 2.00 bits per heavy atom. The van der Waals surface area contributed by atoms with Crippen LogP contribution in [0.25, 0.3) is 0 Å². The first-order chi connectivity index (χ1) is 9.47. The van der Waals surface area contributed by atoms with E-state index in [1.165, 1.54) is 0 Å². The van der Waals surface area contributed by atoms with Crippen LogP contribution in [0.2, 0.25) is 10.0 Å². The summed E-state index contributed by atoms with van der Waals surface area (Å²) in [4.78, 5) is 4.32. The molecule has 0 fully saturated rings. The number of nitrogens with zero attached hydrogens (tertiary/aromatic N) is 2. The molecule has 1 N–H and O–H groups in total. The van der Waals surface area contributed by atoms with E-state index in [-0.39, 0.29) is 12.0 Å². The molecule has 0 amide bonds. The van der Waals surface area contributed by atoms with Gasteiger partial charge in [-0.2, -0.15) is 4.98 Å². The van der Waals surface area contributed by atoms with Gasteiger partial charge in [0.05, 0.1) is 6.54 Å². The molecule has 1 atom stereocenters. The highest BCUT2D eigenvalue weighted by Crippen LogP contribution is 2.26. The third-order valence-electron chi connectivity index (χ3n) is 2.97. The maximum Gasteiger partial charge on any atom is 0.229 e. The third kappa shape index (κ3) is 3.72. The standard InChI is InChI=1S/C14H17Cl2N3O/c1-8(2)14-18-13(19-20-14)7-17-9(3)11-5-4-10(15)6-12(11)16/h4-6,8-9,17H,7H2,1-3H3. The van der Waals surface area contributed by atoms with Crippen molar-refractivity contribution in [3.8, 4) is 0 Å². The van der Waals surface area contributed by atoms with Gasteiger partial charge in [0.25, 0.3) is 0 Å². The molecule has 20 heavy (non-hydrogen) atoms. The number of benzene rings is 1. The summed E-state index contributed by atoms with van der Waals surface area (Å²) in [5, 5.41) is 8.53. The Kier molecular flexibility index (Phi) is 5.02. The minimum atomic E-state index is 0.0702. The first-order valence-electron chi connectivity index (χ1n) is 6.48. The van der Waals surface area contributed by atoms with E-state index in [0.29, 0.717) is 28.3 Å². The van der Waals surface area contributed by atoms with Crippen LogP contribution in [0.15, 0.2) is 22.7 Å². The Morgan fingerprint density at radius 1 is 1.25 bits per heavy atom. The third-order valence-corrected chi connectivity index (χ3v) is 3.54. The fraction of sp³-hybridized carbons (Fsp3) is 0.429. The lowest BCUT2D eigenvalue weighted by Crippen LogP contribution is -2.19. The summed E-state index contributed by atoms with van der Waals surface area (Å²) in [6.07, 6.45) is 0. The van der Waals surface area contributed by atoms with Gasteiger partial charge in [-0.05, 0) is 24.6 Å². The first kappa shape index (κ1) is 15.3. The Balaban J connectivity index is 1.99. The SMILES string of the molecule is CC(C)c1nc(CNC(C)c2ccc(Cl)cc2Cl)no1. The van der Waals surface area contributed by atoms with E-state index in [2.05, 4.69) is 15.5 Å². The monoisotopic (exact) mass is 313 g/mol. The molecule has 6 heteroatoms. The van der Waals surface area contributed by atoms with E-state index in [0.717, 1.165) is 5.56 Å². The lowest BCUT2D eigenvalue weighted by atomic mass is 10.1. The zero-order valence-corrected chi connectivity index (χ0v) is 13.2. The predicted octanol–water partition coefficient (Wildman–Crippen LogP) is 4.35. The zero-order valence-electron chi connectivity index (χ0n) is 11.7. The van der Waals surface area contributed by atoms with Crippen molar-refractivity contribution >= 4 is 23.2 Å². The Bertz CT molecular complexity index is 584. The summed E-state index contributed by atoms with van der Waals surface area (Å²) in [5.41, 5.74) is 0.989. The average Bonchev–Trinajstić information content (AvgIpc) is 2.85. The molecule has 108 valence electrons. The van der Waals surface area contributed by atoms with Gasteiger partial charge in [-0.25, -0.2) is 0 Å². The Hall–Kier alpha value is -1.10. The molecule has 0 aliphatic rings. The second-order valence-corrected chi connectivity index (χ2v) is 5.82. The fourth-order valence-electron chi connectivity index (χ4n) is 1.78. The van der Waals surface area contributed by atoms with E-state index in [1.807, 2.05) is 32.9 Å². The summed E-state index contributed by atoms with van der Waals surface area (Å²) in [7, 11) is 0. The first-order valence-corrected chi connectivity index (χ1v) is 7.23.